The zero-order chi connectivity index (χ0) is 23.6. The van der Waals surface area contributed by atoms with Crippen LogP contribution in [-0.4, -0.2) is 43.6 Å². The molecule has 2 amide bonds. The van der Waals surface area contributed by atoms with Gasteiger partial charge in [-0.25, -0.2) is 10.2 Å². The van der Waals surface area contributed by atoms with Crippen molar-refractivity contribution in [1.29, 1.82) is 0 Å². The van der Waals surface area contributed by atoms with Crippen molar-refractivity contribution < 1.29 is 23.8 Å². The number of halogens is 1. The van der Waals surface area contributed by atoms with Gasteiger partial charge in [0.2, 0.25) is 0 Å². The van der Waals surface area contributed by atoms with Crippen LogP contribution in [0, 0.1) is 0 Å². The molecule has 0 spiro atoms. The van der Waals surface area contributed by atoms with Crippen LogP contribution in [0.5, 0.6) is 5.75 Å². The van der Waals surface area contributed by atoms with E-state index < -0.39 is 23.6 Å². The number of nitrogens with one attached hydrogen (secondary N) is 2. The van der Waals surface area contributed by atoms with Gasteiger partial charge in [-0.2, -0.15) is 5.10 Å². The quantitative estimate of drug-likeness (QED) is 0.436. The molecule has 1 atom stereocenters. The number of ether oxygens (including phenoxy) is 3. The summed E-state index contributed by atoms with van der Waals surface area (Å²) in [5.74, 6) is -0.0248. The molecular formula is C23H28ClN3O5. The van der Waals surface area contributed by atoms with Gasteiger partial charge in [0, 0.05) is 10.6 Å². The van der Waals surface area contributed by atoms with Gasteiger partial charge in [-0.05, 0) is 44.5 Å². The Morgan fingerprint density at radius 2 is 1.88 bits per heavy atom. The maximum Gasteiger partial charge on any atom is 0.408 e. The summed E-state index contributed by atoms with van der Waals surface area (Å²) in [7, 11) is 1.52. The number of amides is 2. The first-order valence-corrected chi connectivity index (χ1v) is 10.3. The Balaban J connectivity index is 2.03. The van der Waals surface area contributed by atoms with Gasteiger partial charge >= 0.3 is 6.09 Å². The number of hydrogen-bond donors (Lipinski definition) is 2. The molecule has 32 heavy (non-hydrogen) atoms. The fraction of sp³-hybridized carbons (Fsp3) is 0.348. The fourth-order valence-corrected chi connectivity index (χ4v) is 2.73. The first-order valence-electron chi connectivity index (χ1n) is 9.95. The molecule has 0 heterocycles. The zero-order valence-electron chi connectivity index (χ0n) is 18.6. The van der Waals surface area contributed by atoms with Crippen molar-refractivity contribution in [2.75, 3.05) is 13.7 Å². The average molecular weight is 462 g/mol. The maximum absolute atomic E-state index is 12.7. The molecule has 0 unspecified atom stereocenters. The molecule has 0 aromatic heterocycles. The van der Waals surface area contributed by atoms with Gasteiger partial charge in [0.1, 0.15) is 17.4 Å². The van der Waals surface area contributed by atoms with Gasteiger partial charge in [0.25, 0.3) is 5.91 Å². The lowest BCUT2D eigenvalue weighted by Gasteiger charge is -2.22. The predicted octanol–water partition coefficient (Wildman–Crippen LogP) is 3.91. The molecule has 0 bridgehead atoms. The van der Waals surface area contributed by atoms with Crippen molar-refractivity contribution in [2.24, 2.45) is 5.10 Å². The summed E-state index contributed by atoms with van der Waals surface area (Å²) in [5, 5.41) is 6.97. The van der Waals surface area contributed by atoms with Gasteiger partial charge in [-0.3, -0.25) is 4.79 Å². The lowest BCUT2D eigenvalue weighted by atomic mass is 10.2. The van der Waals surface area contributed by atoms with E-state index in [-0.39, 0.29) is 13.2 Å². The van der Waals surface area contributed by atoms with Gasteiger partial charge in [-0.15, -0.1) is 0 Å². The molecule has 2 N–H and O–H groups in total. The Kier molecular flexibility index (Phi) is 9.49. The van der Waals surface area contributed by atoms with Crippen LogP contribution in [0.25, 0.3) is 0 Å². The number of hydrazone groups is 1. The summed E-state index contributed by atoms with van der Waals surface area (Å²) in [6.07, 6.45) is 0.666. The molecule has 8 nitrogen and oxygen atoms in total. The Bertz CT molecular complexity index is 929. The van der Waals surface area contributed by atoms with Crippen molar-refractivity contribution in [2.45, 2.75) is 39.0 Å². The number of hydrogen-bond acceptors (Lipinski definition) is 6. The summed E-state index contributed by atoms with van der Waals surface area (Å²) < 4.78 is 16.1. The highest BCUT2D eigenvalue weighted by atomic mass is 35.5. The molecule has 0 aliphatic carbocycles. The number of nitrogens with zero attached hydrogens (tertiary/aromatic N) is 1. The van der Waals surface area contributed by atoms with E-state index in [9.17, 15) is 9.59 Å². The largest absolute Gasteiger partial charge is 0.496 e. The van der Waals surface area contributed by atoms with Crippen molar-refractivity contribution in [3.63, 3.8) is 0 Å². The van der Waals surface area contributed by atoms with E-state index in [1.807, 2.05) is 30.3 Å². The third-order valence-corrected chi connectivity index (χ3v) is 4.21. The van der Waals surface area contributed by atoms with E-state index in [1.165, 1.54) is 13.3 Å². The maximum atomic E-state index is 12.7. The van der Waals surface area contributed by atoms with Crippen LogP contribution >= 0.6 is 11.6 Å². The Hall–Kier alpha value is -3.10. The van der Waals surface area contributed by atoms with Crippen LogP contribution in [0.2, 0.25) is 5.02 Å². The first kappa shape index (κ1) is 25.2. The van der Waals surface area contributed by atoms with Crippen LogP contribution in [0.3, 0.4) is 0 Å². The molecule has 0 radical (unpaired) electrons. The predicted molar refractivity (Wildman–Crippen MR) is 123 cm³/mol. The molecule has 2 aromatic rings. The number of carbonyl (C=O) groups excluding carboxylic acids is 2. The highest BCUT2D eigenvalue weighted by Gasteiger charge is 2.24. The summed E-state index contributed by atoms with van der Waals surface area (Å²) in [6, 6.07) is 13.5. The number of carbonyl (C=O) groups is 2. The van der Waals surface area contributed by atoms with Crippen LogP contribution in [0.4, 0.5) is 4.79 Å². The molecule has 2 aromatic carbocycles. The number of benzene rings is 2. The molecule has 0 saturated heterocycles. The summed E-state index contributed by atoms with van der Waals surface area (Å²) in [6.45, 7) is 5.41. The third-order valence-electron chi connectivity index (χ3n) is 3.97. The van der Waals surface area contributed by atoms with E-state index in [0.29, 0.717) is 16.3 Å². The molecule has 0 saturated carbocycles. The third kappa shape index (κ3) is 8.95. The molecule has 9 heteroatoms. The van der Waals surface area contributed by atoms with E-state index in [1.54, 1.807) is 39.0 Å². The van der Waals surface area contributed by atoms with Crippen LogP contribution < -0.4 is 15.5 Å². The number of alkyl carbamates (subject to hydrolysis) is 1. The minimum absolute atomic E-state index is 0.0734. The SMILES string of the molecule is COc1ccc(Cl)cc1/C=N\NC(=O)[C@H](COCc1ccccc1)NC(=O)OC(C)(C)C. The second-order valence-electron chi connectivity index (χ2n) is 7.82. The minimum atomic E-state index is -1.02. The van der Waals surface area contributed by atoms with Crippen LogP contribution in [0.1, 0.15) is 31.9 Å². The van der Waals surface area contributed by atoms with Crippen molar-refractivity contribution in [1.82, 2.24) is 10.7 Å². The molecule has 0 aliphatic heterocycles. The van der Waals surface area contributed by atoms with Gasteiger partial charge in [0.05, 0.1) is 26.5 Å². The van der Waals surface area contributed by atoms with Gasteiger partial charge in [0.15, 0.2) is 0 Å². The Labute approximate surface area is 192 Å². The van der Waals surface area contributed by atoms with Crippen LogP contribution in [-0.2, 0) is 20.9 Å². The highest BCUT2D eigenvalue weighted by Crippen LogP contribution is 2.20. The highest BCUT2D eigenvalue weighted by molar-refractivity contribution is 6.30. The molecule has 0 aliphatic rings. The topological polar surface area (TPSA) is 98.3 Å². The fourth-order valence-electron chi connectivity index (χ4n) is 2.55. The van der Waals surface area contributed by atoms with Gasteiger partial charge < -0.3 is 19.5 Å². The molecule has 172 valence electrons. The monoisotopic (exact) mass is 461 g/mol. The van der Waals surface area contributed by atoms with E-state index >= 15 is 0 Å². The molecular weight excluding hydrogens is 434 g/mol. The lowest BCUT2D eigenvalue weighted by molar-refractivity contribution is -0.124. The van der Waals surface area contributed by atoms with E-state index in [0.717, 1.165) is 5.56 Å². The lowest BCUT2D eigenvalue weighted by Crippen LogP contribution is -2.49. The van der Waals surface area contributed by atoms with Crippen molar-refractivity contribution in [3.8, 4) is 5.75 Å². The second kappa shape index (κ2) is 12.1. The summed E-state index contributed by atoms with van der Waals surface area (Å²) in [4.78, 5) is 24.9. The van der Waals surface area contributed by atoms with Crippen LogP contribution in [0.15, 0.2) is 53.6 Å². The summed E-state index contributed by atoms with van der Waals surface area (Å²) in [5.41, 5.74) is 3.21. The number of methoxy groups -OCH3 is 1. The first-order chi connectivity index (χ1) is 15.2. The Morgan fingerprint density at radius 1 is 1.16 bits per heavy atom. The Morgan fingerprint density at radius 3 is 2.53 bits per heavy atom. The smallest absolute Gasteiger partial charge is 0.408 e. The van der Waals surface area contributed by atoms with Crippen molar-refractivity contribution >= 4 is 29.8 Å². The number of rotatable bonds is 9. The standard InChI is InChI=1S/C23H28ClN3O5/c1-23(2,3)32-22(29)26-19(15-31-14-16-8-6-5-7-9-16)21(28)27-25-13-17-12-18(24)10-11-20(17)30-4/h5-13,19H,14-15H2,1-4H3,(H,26,29)(H,27,28)/b25-13-/t19-/m0/s1. The summed E-state index contributed by atoms with van der Waals surface area (Å²) >= 11 is 6.00. The van der Waals surface area contributed by atoms with E-state index in [2.05, 4.69) is 15.8 Å². The van der Waals surface area contributed by atoms with Crippen molar-refractivity contribution in [3.05, 3.63) is 64.7 Å². The minimum Gasteiger partial charge on any atom is -0.496 e. The zero-order valence-corrected chi connectivity index (χ0v) is 19.3. The second-order valence-corrected chi connectivity index (χ2v) is 8.26. The average Bonchev–Trinajstić information content (AvgIpc) is 2.72. The normalized spacial score (nSPS) is 12.3. The molecule has 0 fully saturated rings. The van der Waals surface area contributed by atoms with Gasteiger partial charge in [-0.1, -0.05) is 41.9 Å². The molecule has 2 rings (SSSR count). The van der Waals surface area contributed by atoms with E-state index in [4.69, 9.17) is 25.8 Å².